The van der Waals surface area contributed by atoms with Crippen LogP contribution >= 0.6 is 0 Å². The van der Waals surface area contributed by atoms with E-state index in [-0.39, 0.29) is 6.10 Å². The first-order valence-electron chi connectivity index (χ1n) is 6.85. The summed E-state index contributed by atoms with van der Waals surface area (Å²) in [6, 6.07) is 0. The summed E-state index contributed by atoms with van der Waals surface area (Å²) in [7, 11) is 0. The Labute approximate surface area is 94.3 Å². The predicted octanol–water partition coefficient (Wildman–Crippen LogP) is 3.61. The SMILES string of the molecule is CC1CCC(C2CCC(C)CC2O)CC1. The number of hydrogen-bond donors (Lipinski definition) is 1. The topological polar surface area (TPSA) is 20.2 Å². The molecule has 0 bridgehead atoms. The molecule has 1 nitrogen and oxygen atoms in total. The van der Waals surface area contributed by atoms with Gasteiger partial charge in [0.1, 0.15) is 0 Å². The van der Waals surface area contributed by atoms with Crippen molar-refractivity contribution in [3.63, 3.8) is 0 Å². The van der Waals surface area contributed by atoms with Crippen LogP contribution in [0.2, 0.25) is 0 Å². The van der Waals surface area contributed by atoms with E-state index in [0.717, 1.165) is 24.2 Å². The normalized spacial score (nSPS) is 47.8. The molecule has 0 saturated heterocycles. The predicted molar refractivity (Wildman–Crippen MR) is 63.6 cm³/mol. The van der Waals surface area contributed by atoms with Crippen LogP contribution in [0.3, 0.4) is 0 Å². The molecular formula is C14H26O. The fourth-order valence-corrected chi connectivity index (χ4v) is 3.64. The number of rotatable bonds is 1. The van der Waals surface area contributed by atoms with Gasteiger partial charge in [-0.2, -0.15) is 0 Å². The first-order valence-corrected chi connectivity index (χ1v) is 6.85. The Morgan fingerprint density at radius 1 is 0.800 bits per heavy atom. The highest BCUT2D eigenvalue weighted by molar-refractivity contribution is 4.85. The molecule has 0 aromatic heterocycles. The second-order valence-corrected chi connectivity index (χ2v) is 6.17. The monoisotopic (exact) mass is 210 g/mol. The van der Waals surface area contributed by atoms with Crippen LogP contribution in [0, 0.1) is 23.7 Å². The van der Waals surface area contributed by atoms with Gasteiger partial charge in [0.25, 0.3) is 0 Å². The third-order valence-electron chi connectivity index (χ3n) is 4.80. The van der Waals surface area contributed by atoms with Crippen molar-refractivity contribution in [3.05, 3.63) is 0 Å². The molecule has 0 aromatic rings. The second-order valence-electron chi connectivity index (χ2n) is 6.17. The maximum Gasteiger partial charge on any atom is 0.0573 e. The molecule has 2 rings (SSSR count). The van der Waals surface area contributed by atoms with E-state index < -0.39 is 0 Å². The zero-order valence-corrected chi connectivity index (χ0v) is 10.3. The highest BCUT2D eigenvalue weighted by Gasteiger charge is 2.34. The average molecular weight is 210 g/mol. The van der Waals surface area contributed by atoms with Crippen LogP contribution in [0.5, 0.6) is 0 Å². The van der Waals surface area contributed by atoms with Gasteiger partial charge in [-0.3, -0.25) is 0 Å². The zero-order chi connectivity index (χ0) is 10.8. The second kappa shape index (κ2) is 4.86. The van der Waals surface area contributed by atoms with Crippen molar-refractivity contribution < 1.29 is 5.11 Å². The van der Waals surface area contributed by atoms with Crippen molar-refractivity contribution >= 4 is 0 Å². The smallest absolute Gasteiger partial charge is 0.0573 e. The van der Waals surface area contributed by atoms with Crippen molar-refractivity contribution in [2.24, 2.45) is 23.7 Å². The molecule has 1 heteroatoms. The number of hydrogen-bond acceptors (Lipinski definition) is 1. The summed E-state index contributed by atoms with van der Waals surface area (Å²) >= 11 is 0. The van der Waals surface area contributed by atoms with Crippen LogP contribution < -0.4 is 0 Å². The highest BCUT2D eigenvalue weighted by Crippen LogP contribution is 2.41. The molecule has 0 radical (unpaired) electrons. The van der Waals surface area contributed by atoms with E-state index in [4.69, 9.17) is 0 Å². The highest BCUT2D eigenvalue weighted by atomic mass is 16.3. The van der Waals surface area contributed by atoms with Crippen LogP contribution in [0.25, 0.3) is 0 Å². The molecule has 3 atom stereocenters. The number of aliphatic hydroxyl groups excluding tert-OH is 1. The maximum atomic E-state index is 10.2. The fraction of sp³-hybridized carbons (Fsp3) is 1.00. The van der Waals surface area contributed by atoms with E-state index in [2.05, 4.69) is 13.8 Å². The Kier molecular flexibility index (Phi) is 3.71. The zero-order valence-electron chi connectivity index (χ0n) is 10.3. The first kappa shape index (κ1) is 11.4. The van der Waals surface area contributed by atoms with Crippen LogP contribution in [0.1, 0.15) is 58.8 Å². The Bertz CT molecular complexity index is 194. The summed E-state index contributed by atoms with van der Waals surface area (Å²) in [6.07, 6.45) is 9.21. The van der Waals surface area contributed by atoms with Crippen molar-refractivity contribution in [3.8, 4) is 0 Å². The molecule has 0 amide bonds. The van der Waals surface area contributed by atoms with Gasteiger partial charge >= 0.3 is 0 Å². The van der Waals surface area contributed by atoms with Crippen molar-refractivity contribution in [1.29, 1.82) is 0 Å². The van der Waals surface area contributed by atoms with Gasteiger partial charge in [-0.15, -0.1) is 0 Å². The van der Waals surface area contributed by atoms with Crippen LogP contribution in [0.15, 0.2) is 0 Å². The molecule has 2 saturated carbocycles. The first-order chi connectivity index (χ1) is 7.16. The summed E-state index contributed by atoms with van der Waals surface area (Å²) in [6.45, 7) is 4.65. The Morgan fingerprint density at radius 2 is 1.40 bits per heavy atom. The van der Waals surface area contributed by atoms with Gasteiger partial charge in [-0.1, -0.05) is 33.1 Å². The molecule has 0 aromatic carbocycles. The van der Waals surface area contributed by atoms with Gasteiger partial charge in [0.2, 0.25) is 0 Å². The Morgan fingerprint density at radius 3 is 2.00 bits per heavy atom. The fourth-order valence-electron chi connectivity index (χ4n) is 3.64. The molecular weight excluding hydrogens is 184 g/mol. The summed E-state index contributed by atoms with van der Waals surface area (Å²) in [4.78, 5) is 0. The molecule has 15 heavy (non-hydrogen) atoms. The molecule has 1 N–H and O–H groups in total. The molecule has 3 unspecified atom stereocenters. The lowest BCUT2D eigenvalue weighted by Gasteiger charge is -2.39. The molecule has 0 spiro atoms. The van der Waals surface area contributed by atoms with Crippen LogP contribution in [-0.2, 0) is 0 Å². The lowest BCUT2D eigenvalue weighted by Crippen LogP contribution is -2.35. The van der Waals surface area contributed by atoms with Crippen LogP contribution in [-0.4, -0.2) is 11.2 Å². The Balaban J connectivity index is 1.87. The van der Waals surface area contributed by atoms with E-state index in [1.54, 1.807) is 0 Å². The third kappa shape index (κ3) is 2.75. The van der Waals surface area contributed by atoms with E-state index in [1.165, 1.54) is 38.5 Å². The summed E-state index contributed by atoms with van der Waals surface area (Å²) in [5.74, 6) is 3.15. The Hall–Kier alpha value is -0.0400. The van der Waals surface area contributed by atoms with Crippen LogP contribution in [0.4, 0.5) is 0 Å². The van der Waals surface area contributed by atoms with Gasteiger partial charge in [0.05, 0.1) is 6.10 Å². The van der Waals surface area contributed by atoms with E-state index in [0.29, 0.717) is 5.92 Å². The maximum absolute atomic E-state index is 10.2. The molecule has 88 valence electrons. The summed E-state index contributed by atoms with van der Waals surface area (Å²) in [5, 5.41) is 10.2. The minimum Gasteiger partial charge on any atom is -0.393 e. The molecule has 0 aliphatic heterocycles. The van der Waals surface area contributed by atoms with E-state index >= 15 is 0 Å². The molecule has 2 fully saturated rings. The minimum absolute atomic E-state index is 0.00663. The standard InChI is InChI=1S/C14H26O/c1-10-3-6-12(7-4-10)13-8-5-11(2)9-14(13)15/h10-15H,3-9H2,1-2H3. The number of aliphatic hydroxyl groups is 1. The average Bonchev–Trinajstić information content (AvgIpc) is 2.20. The van der Waals surface area contributed by atoms with Gasteiger partial charge < -0.3 is 5.11 Å². The largest absolute Gasteiger partial charge is 0.393 e. The lowest BCUT2D eigenvalue weighted by molar-refractivity contribution is 0.00539. The van der Waals surface area contributed by atoms with Crippen molar-refractivity contribution in [1.82, 2.24) is 0 Å². The van der Waals surface area contributed by atoms with Gasteiger partial charge in [-0.05, 0) is 49.4 Å². The van der Waals surface area contributed by atoms with Gasteiger partial charge in [-0.25, -0.2) is 0 Å². The molecule has 0 heterocycles. The molecule has 2 aliphatic carbocycles. The molecule has 2 aliphatic rings. The lowest BCUT2D eigenvalue weighted by atomic mass is 9.68. The van der Waals surface area contributed by atoms with E-state index in [9.17, 15) is 5.11 Å². The van der Waals surface area contributed by atoms with Gasteiger partial charge in [0.15, 0.2) is 0 Å². The summed E-state index contributed by atoms with van der Waals surface area (Å²) < 4.78 is 0. The minimum atomic E-state index is 0.00663. The third-order valence-corrected chi connectivity index (χ3v) is 4.80. The quantitative estimate of drug-likeness (QED) is 0.701. The van der Waals surface area contributed by atoms with Crippen molar-refractivity contribution in [2.75, 3.05) is 0 Å². The van der Waals surface area contributed by atoms with Crippen molar-refractivity contribution in [2.45, 2.75) is 64.9 Å². The van der Waals surface area contributed by atoms with E-state index in [1.807, 2.05) is 0 Å². The van der Waals surface area contributed by atoms with Gasteiger partial charge in [0, 0.05) is 0 Å². The summed E-state index contributed by atoms with van der Waals surface area (Å²) in [5.41, 5.74) is 0.